The molecule has 1 N–H and O–H groups in total. The molecule has 4 aromatic rings. The van der Waals surface area contributed by atoms with Crippen molar-refractivity contribution in [3.63, 3.8) is 0 Å². The molecule has 34 heavy (non-hydrogen) atoms. The van der Waals surface area contributed by atoms with Crippen LogP contribution in [0.25, 0.3) is 10.9 Å². The van der Waals surface area contributed by atoms with Gasteiger partial charge in [-0.3, -0.25) is 9.69 Å². The maximum atomic E-state index is 13.1. The summed E-state index contributed by atoms with van der Waals surface area (Å²) in [6.45, 7) is 10.7. The molecule has 0 radical (unpaired) electrons. The van der Waals surface area contributed by atoms with Crippen molar-refractivity contribution >= 4 is 22.2 Å². The van der Waals surface area contributed by atoms with Crippen molar-refractivity contribution in [3.8, 4) is 0 Å². The number of H-pyrrole nitrogens is 1. The van der Waals surface area contributed by atoms with Gasteiger partial charge in [0.05, 0.1) is 19.2 Å². The molecule has 1 atom stereocenters. The third-order valence-electron chi connectivity index (χ3n) is 6.06. The number of thiophene rings is 1. The van der Waals surface area contributed by atoms with E-state index in [1.807, 2.05) is 23.7 Å². The number of hydrogen-bond acceptors (Lipinski definition) is 7. The largest absolute Gasteiger partial charge is 0.383 e. The van der Waals surface area contributed by atoms with Gasteiger partial charge in [-0.25, -0.2) is 4.68 Å². The van der Waals surface area contributed by atoms with E-state index in [1.54, 1.807) is 18.4 Å². The van der Waals surface area contributed by atoms with Crippen LogP contribution in [0.15, 0.2) is 40.5 Å². The van der Waals surface area contributed by atoms with Crippen LogP contribution in [-0.4, -0.2) is 43.8 Å². The lowest BCUT2D eigenvalue weighted by atomic mass is 9.99. The molecule has 0 saturated carbocycles. The number of hydrogen-bond donors (Lipinski definition) is 1. The number of pyridine rings is 1. The predicted octanol–water partition coefficient (Wildman–Crippen LogP) is 4.24. The number of aromatic amines is 1. The standard InChI is InChI=1S/C25H32N6O2S/c1-16(2)23(24-27-28-29-31(24)8-9-33-5)30(15-20-7-6-10-34-20)14-19-13-21-18(4)11-17(3)12-22(21)26-25(19)32/h6-7,10-13,16,23H,8-9,14-15H2,1-5H3,(H,26,32). The van der Waals surface area contributed by atoms with E-state index >= 15 is 0 Å². The van der Waals surface area contributed by atoms with E-state index in [9.17, 15) is 4.79 Å². The van der Waals surface area contributed by atoms with Crippen LogP contribution in [0.1, 0.15) is 47.3 Å². The number of nitrogens with one attached hydrogen (secondary N) is 1. The summed E-state index contributed by atoms with van der Waals surface area (Å²) in [4.78, 5) is 19.8. The van der Waals surface area contributed by atoms with E-state index in [-0.39, 0.29) is 17.5 Å². The summed E-state index contributed by atoms with van der Waals surface area (Å²) in [5, 5.41) is 15.7. The van der Waals surface area contributed by atoms with E-state index < -0.39 is 0 Å². The number of tetrazole rings is 1. The van der Waals surface area contributed by atoms with Gasteiger partial charge >= 0.3 is 0 Å². The molecule has 0 saturated heterocycles. The van der Waals surface area contributed by atoms with Crippen LogP contribution in [0.5, 0.6) is 0 Å². The number of benzene rings is 1. The van der Waals surface area contributed by atoms with E-state index in [2.05, 4.69) is 69.8 Å². The number of rotatable bonds is 10. The van der Waals surface area contributed by atoms with Crippen LogP contribution < -0.4 is 5.56 Å². The zero-order valence-corrected chi connectivity index (χ0v) is 21.2. The van der Waals surface area contributed by atoms with Gasteiger partial charge in [0, 0.05) is 41.5 Å². The topological polar surface area (TPSA) is 88.9 Å². The molecule has 0 aliphatic heterocycles. The number of nitrogens with zero attached hydrogens (tertiary/aromatic N) is 5. The lowest BCUT2D eigenvalue weighted by Crippen LogP contribution is -2.35. The number of ether oxygens (including phenoxy) is 1. The monoisotopic (exact) mass is 480 g/mol. The average Bonchev–Trinajstić information content (AvgIpc) is 3.45. The van der Waals surface area contributed by atoms with Crippen LogP contribution in [0, 0.1) is 19.8 Å². The first-order valence-electron chi connectivity index (χ1n) is 11.5. The highest BCUT2D eigenvalue weighted by atomic mass is 32.1. The number of fused-ring (bicyclic) bond motifs is 1. The van der Waals surface area contributed by atoms with Crippen molar-refractivity contribution in [1.29, 1.82) is 0 Å². The Kier molecular flexibility index (Phi) is 7.55. The molecule has 1 unspecified atom stereocenters. The second kappa shape index (κ2) is 10.6. The van der Waals surface area contributed by atoms with Crippen LogP contribution in [0.3, 0.4) is 0 Å². The fourth-order valence-corrected chi connectivity index (χ4v) is 5.28. The molecule has 0 aliphatic rings. The molecule has 0 spiro atoms. The second-order valence-electron chi connectivity index (χ2n) is 9.09. The van der Waals surface area contributed by atoms with Crippen molar-refractivity contribution in [1.82, 2.24) is 30.1 Å². The van der Waals surface area contributed by atoms with Crippen LogP contribution in [0.2, 0.25) is 0 Å². The van der Waals surface area contributed by atoms with Gasteiger partial charge in [0.15, 0.2) is 5.82 Å². The van der Waals surface area contributed by atoms with Gasteiger partial charge < -0.3 is 9.72 Å². The summed E-state index contributed by atoms with van der Waals surface area (Å²) in [5.74, 6) is 1.00. The Balaban J connectivity index is 1.76. The summed E-state index contributed by atoms with van der Waals surface area (Å²) in [6, 6.07) is 10.3. The fraction of sp³-hybridized carbons (Fsp3) is 0.440. The Morgan fingerprint density at radius 2 is 2.03 bits per heavy atom. The normalized spacial score (nSPS) is 12.8. The third-order valence-corrected chi connectivity index (χ3v) is 6.92. The Morgan fingerprint density at radius 1 is 1.21 bits per heavy atom. The first-order chi connectivity index (χ1) is 16.4. The second-order valence-corrected chi connectivity index (χ2v) is 10.1. The van der Waals surface area contributed by atoms with E-state index in [4.69, 9.17) is 4.74 Å². The smallest absolute Gasteiger partial charge is 0.252 e. The molecule has 1 aromatic carbocycles. The minimum absolute atomic E-state index is 0.0600. The molecular formula is C25H32N6O2S. The van der Waals surface area contributed by atoms with Crippen LogP contribution in [-0.2, 0) is 24.4 Å². The Hall–Kier alpha value is -2.88. The molecular weight excluding hydrogens is 448 g/mol. The summed E-state index contributed by atoms with van der Waals surface area (Å²) in [6.07, 6.45) is 0. The van der Waals surface area contributed by atoms with Crippen molar-refractivity contribution in [2.45, 2.75) is 53.4 Å². The molecule has 0 bridgehead atoms. The number of aryl methyl sites for hydroxylation is 2. The quantitative estimate of drug-likeness (QED) is 0.365. The summed E-state index contributed by atoms with van der Waals surface area (Å²) >= 11 is 1.71. The lowest BCUT2D eigenvalue weighted by Gasteiger charge is -2.33. The van der Waals surface area contributed by atoms with E-state index in [1.165, 1.54) is 4.88 Å². The van der Waals surface area contributed by atoms with Crippen molar-refractivity contribution in [3.05, 3.63) is 73.5 Å². The molecule has 3 aromatic heterocycles. The Labute approximate surface area is 203 Å². The molecule has 8 nitrogen and oxygen atoms in total. The zero-order valence-electron chi connectivity index (χ0n) is 20.4. The summed E-state index contributed by atoms with van der Waals surface area (Å²) < 4.78 is 7.07. The van der Waals surface area contributed by atoms with Gasteiger partial charge in [0.25, 0.3) is 5.56 Å². The van der Waals surface area contributed by atoms with Gasteiger partial charge in [-0.1, -0.05) is 26.0 Å². The Morgan fingerprint density at radius 3 is 2.74 bits per heavy atom. The fourth-order valence-electron chi connectivity index (χ4n) is 4.55. The highest BCUT2D eigenvalue weighted by Gasteiger charge is 2.30. The predicted molar refractivity (Wildman–Crippen MR) is 135 cm³/mol. The molecule has 4 rings (SSSR count). The molecule has 0 fully saturated rings. The minimum Gasteiger partial charge on any atom is -0.383 e. The number of methoxy groups -OCH3 is 1. The molecule has 3 heterocycles. The summed E-state index contributed by atoms with van der Waals surface area (Å²) in [7, 11) is 1.67. The SMILES string of the molecule is COCCn1nnnc1C(C(C)C)N(Cc1cccs1)Cc1cc2c(C)cc(C)cc2[nH]c1=O. The zero-order chi connectivity index (χ0) is 24.2. The highest BCUT2D eigenvalue weighted by molar-refractivity contribution is 7.09. The van der Waals surface area contributed by atoms with Crippen LogP contribution >= 0.6 is 11.3 Å². The number of aromatic nitrogens is 5. The average molecular weight is 481 g/mol. The molecule has 9 heteroatoms. The summed E-state index contributed by atoms with van der Waals surface area (Å²) in [5.41, 5.74) is 3.84. The highest BCUT2D eigenvalue weighted by Crippen LogP contribution is 2.31. The van der Waals surface area contributed by atoms with E-state index in [0.717, 1.165) is 33.4 Å². The van der Waals surface area contributed by atoms with Gasteiger partial charge in [-0.05, 0) is 64.9 Å². The van der Waals surface area contributed by atoms with E-state index in [0.29, 0.717) is 26.2 Å². The van der Waals surface area contributed by atoms with Gasteiger partial charge in [-0.2, -0.15) is 0 Å². The lowest BCUT2D eigenvalue weighted by molar-refractivity contribution is 0.122. The van der Waals surface area contributed by atoms with Crippen molar-refractivity contribution in [2.75, 3.05) is 13.7 Å². The Bertz CT molecular complexity index is 1290. The molecule has 0 amide bonds. The first-order valence-corrected chi connectivity index (χ1v) is 12.4. The van der Waals surface area contributed by atoms with Gasteiger partial charge in [-0.15, -0.1) is 16.4 Å². The molecule has 0 aliphatic carbocycles. The maximum absolute atomic E-state index is 13.1. The van der Waals surface area contributed by atoms with Crippen molar-refractivity contribution < 1.29 is 4.74 Å². The van der Waals surface area contributed by atoms with Crippen LogP contribution in [0.4, 0.5) is 0 Å². The van der Waals surface area contributed by atoms with Gasteiger partial charge in [0.2, 0.25) is 0 Å². The maximum Gasteiger partial charge on any atom is 0.252 e. The van der Waals surface area contributed by atoms with Crippen molar-refractivity contribution in [2.24, 2.45) is 5.92 Å². The third kappa shape index (κ3) is 5.27. The van der Waals surface area contributed by atoms with Gasteiger partial charge in [0.1, 0.15) is 0 Å². The first kappa shape index (κ1) is 24.3. The minimum atomic E-state index is -0.0804. The molecule has 180 valence electrons.